The van der Waals surface area contributed by atoms with Gasteiger partial charge in [-0.3, -0.25) is 4.68 Å². The average molecular weight is 266 g/mol. The molecule has 0 saturated carbocycles. The van der Waals surface area contributed by atoms with Crippen LogP contribution >= 0.6 is 0 Å². The smallest absolute Gasteiger partial charge is 0.121 e. The second-order valence-electron chi connectivity index (χ2n) is 4.86. The molecule has 0 saturated heterocycles. The van der Waals surface area contributed by atoms with E-state index in [1.807, 2.05) is 35.1 Å². The van der Waals surface area contributed by atoms with Gasteiger partial charge in [-0.1, -0.05) is 37.3 Å². The molecule has 3 rings (SSSR count). The van der Waals surface area contributed by atoms with E-state index in [-0.39, 0.29) is 0 Å². The lowest BCUT2D eigenvalue weighted by Gasteiger charge is -2.07. The first-order valence-electron chi connectivity index (χ1n) is 6.99. The van der Waals surface area contributed by atoms with E-state index in [0.717, 1.165) is 29.6 Å². The Morgan fingerprint density at radius 2 is 1.95 bits per heavy atom. The lowest BCUT2D eigenvalue weighted by atomic mass is 10.2. The van der Waals surface area contributed by atoms with Gasteiger partial charge >= 0.3 is 0 Å². The monoisotopic (exact) mass is 266 g/mol. The molecular weight excluding hydrogens is 248 g/mol. The van der Waals surface area contributed by atoms with Gasteiger partial charge < -0.3 is 4.74 Å². The van der Waals surface area contributed by atoms with Crippen LogP contribution in [0.15, 0.2) is 54.7 Å². The van der Waals surface area contributed by atoms with E-state index in [0.29, 0.717) is 6.61 Å². The standard InChI is InChI=1S/C17H18N2O/c1-2-10-19-17-11-16(9-8-15(17)12-18-19)20-13-14-6-4-3-5-7-14/h3-9,11-12H,2,10,13H2,1H3. The Morgan fingerprint density at radius 1 is 1.10 bits per heavy atom. The van der Waals surface area contributed by atoms with Crippen molar-refractivity contribution < 1.29 is 4.74 Å². The summed E-state index contributed by atoms with van der Waals surface area (Å²) < 4.78 is 7.89. The van der Waals surface area contributed by atoms with E-state index < -0.39 is 0 Å². The topological polar surface area (TPSA) is 27.1 Å². The molecule has 20 heavy (non-hydrogen) atoms. The largest absolute Gasteiger partial charge is 0.489 e. The summed E-state index contributed by atoms with van der Waals surface area (Å²) in [5.74, 6) is 0.888. The van der Waals surface area contributed by atoms with Crippen LogP contribution < -0.4 is 4.74 Å². The molecule has 0 aliphatic rings. The Balaban J connectivity index is 1.79. The van der Waals surface area contributed by atoms with E-state index in [9.17, 15) is 0 Å². The SMILES string of the molecule is CCCn1ncc2ccc(OCc3ccccc3)cc21. The molecule has 0 spiro atoms. The first-order valence-corrected chi connectivity index (χ1v) is 6.99. The summed E-state index contributed by atoms with van der Waals surface area (Å²) in [6.07, 6.45) is 2.98. The third kappa shape index (κ3) is 2.67. The molecule has 0 aliphatic carbocycles. The van der Waals surface area contributed by atoms with Crippen LogP contribution in [0.4, 0.5) is 0 Å². The molecule has 0 aliphatic heterocycles. The van der Waals surface area contributed by atoms with E-state index >= 15 is 0 Å². The molecule has 3 heteroatoms. The maximum absolute atomic E-state index is 5.86. The van der Waals surface area contributed by atoms with Gasteiger partial charge in [-0.05, 0) is 24.1 Å². The van der Waals surface area contributed by atoms with Gasteiger partial charge in [0.05, 0.1) is 11.7 Å². The molecule has 102 valence electrons. The zero-order valence-electron chi connectivity index (χ0n) is 11.6. The Hall–Kier alpha value is -2.29. The predicted molar refractivity (Wildman–Crippen MR) is 80.8 cm³/mol. The van der Waals surface area contributed by atoms with Crippen LogP contribution in [0, 0.1) is 0 Å². The third-order valence-corrected chi connectivity index (χ3v) is 3.30. The van der Waals surface area contributed by atoms with Crippen molar-refractivity contribution in [2.75, 3.05) is 0 Å². The van der Waals surface area contributed by atoms with Crippen LogP contribution in [0.25, 0.3) is 10.9 Å². The van der Waals surface area contributed by atoms with Crippen LogP contribution in [0.3, 0.4) is 0 Å². The molecule has 0 amide bonds. The fourth-order valence-corrected chi connectivity index (χ4v) is 2.27. The molecule has 2 aromatic carbocycles. The van der Waals surface area contributed by atoms with Gasteiger partial charge in [0.25, 0.3) is 0 Å². The summed E-state index contributed by atoms with van der Waals surface area (Å²) in [6, 6.07) is 16.3. The van der Waals surface area contributed by atoms with Crippen molar-refractivity contribution in [2.24, 2.45) is 0 Å². The van der Waals surface area contributed by atoms with Crippen molar-refractivity contribution in [3.63, 3.8) is 0 Å². The molecule has 0 bridgehead atoms. The Kier molecular flexibility index (Phi) is 3.68. The second-order valence-corrected chi connectivity index (χ2v) is 4.86. The molecule has 0 atom stereocenters. The number of hydrogen-bond acceptors (Lipinski definition) is 2. The van der Waals surface area contributed by atoms with Gasteiger partial charge in [-0.15, -0.1) is 0 Å². The van der Waals surface area contributed by atoms with Gasteiger partial charge in [0.15, 0.2) is 0 Å². The van der Waals surface area contributed by atoms with Gasteiger partial charge in [0.1, 0.15) is 12.4 Å². The van der Waals surface area contributed by atoms with E-state index in [1.165, 1.54) is 5.56 Å². The zero-order valence-corrected chi connectivity index (χ0v) is 11.6. The quantitative estimate of drug-likeness (QED) is 0.697. The van der Waals surface area contributed by atoms with E-state index in [2.05, 4.69) is 36.3 Å². The number of hydrogen-bond donors (Lipinski definition) is 0. The number of rotatable bonds is 5. The van der Waals surface area contributed by atoms with E-state index in [4.69, 9.17) is 4.74 Å². The summed E-state index contributed by atoms with van der Waals surface area (Å²) in [5.41, 5.74) is 2.31. The highest BCUT2D eigenvalue weighted by Crippen LogP contribution is 2.21. The second kappa shape index (κ2) is 5.78. The average Bonchev–Trinajstić information content (AvgIpc) is 2.89. The number of aryl methyl sites for hydroxylation is 1. The van der Waals surface area contributed by atoms with Gasteiger partial charge in [-0.2, -0.15) is 5.10 Å². The molecule has 0 radical (unpaired) electrons. The third-order valence-electron chi connectivity index (χ3n) is 3.30. The maximum atomic E-state index is 5.86. The molecule has 0 unspecified atom stereocenters. The highest BCUT2D eigenvalue weighted by molar-refractivity contribution is 5.80. The molecule has 3 aromatic rings. The molecular formula is C17H18N2O. The van der Waals surface area contributed by atoms with Crippen molar-refractivity contribution >= 4 is 10.9 Å². The summed E-state index contributed by atoms with van der Waals surface area (Å²) in [6.45, 7) is 3.68. The first-order chi connectivity index (χ1) is 9.86. The number of benzene rings is 2. The number of fused-ring (bicyclic) bond motifs is 1. The van der Waals surface area contributed by atoms with Crippen molar-refractivity contribution in [3.05, 3.63) is 60.3 Å². The highest BCUT2D eigenvalue weighted by Gasteiger charge is 2.04. The normalized spacial score (nSPS) is 10.8. The van der Waals surface area contributed by atoms with Crippen molar-refractivity contribution in [1.82, 2.24) is 9.78 Å². The highest BCUT2D eigenvalue weighted by atomic mass is 16.5. The van der Waals surface area contributed by atoms with E-state index in [1.54, 1.807) is 0 Å². The summed E-state index contributed by atoms with van der Waals surface area (Å²) in [5, 5.41) is 5.56. The Labute approximate surface area is 118 Å². The summed E-state index contributed by atoms with van der Waals surface area (Å²) in [7, 11) is 0. The zero-order chi connectivity index (χ0) is 13.8. The number of nitrogens with zero attached hydrogens (tertiary/aromatic N) is 2. The molecule has 1 aromatic heterocycles. The predicted octanol–water partition coefficient (Wildman–Crippen LogP) is 4.03. The Bertz CT molecular complexity index is 689. The fourth-order valence-electron chi connectivity index (χ4n) is 2.27. The van der Waals surface area contributed by atoms with Gasteiger partial charge in [0, 0.05) is 18.0 Å². The van der Waals surface area contributed by atoms with Crippen LogP contribution in [0.2, 0.25) is 0 Å². The minimum absolute atomic E-state index is 0.592. The van der Waals surface area contributed by atoms with Crippen LogP contribution in [-0.2, 0) is 13.2 Å². The minimum atomic E-state index is 0.592. The van der Waals surface area contributed by atoms with Crippen LogP contribution in [0.5, 0.6) is 5.75 Å². The van der Waals surface area contributed by atoms with Crippen LogP contribution in [0.1, 0.15) is 18.9 Å². The number of aromatic nitrogens is 2. The van der Waals surface area contributed by atoms with Crippen molar-refractivity contribution in [1.29, 1.82) is 0 Å². The van der Waals surface area contributed by atoms with Crippen molar-refractivity contribution in [3.8, 4) is 5.75 Å². The Morgan fingerprint density at radius 3 is 2.75 bits per heavy atom. The number of ether oxygens (including phenoxy) is 1. The molecule has 3 nitrogen and oxygen atoms in total. The van der Waals surface area contributed by atoms with Crippen molar-refractivity contribution in [2.45, 2.75) is 26.5 Å². The van der Waals surface area contributed by atoms with Gasteiger partial charge in [0.2, 0.25) is 0 Å². The summed E-state index contributed by atoms with van der Waals surface area (Å²) >= 11 is 0. The minimum Gasteiger partial charge on any atom is -0.489 e. The summed E-state index contributed by atoms with van der Waals surface area (Å²) in [4.78, 5) is 0. The maximum Gasteiger partial charge on any atom is 0.121 e. The lowest BCUT2D eigenvalue weighted by Crippen LogP contribution is -1.99. The molecule has 0 fully saturated rings. The fraction of sp³-hybridized carbons (Fsp3) is 0.235. The molecule has 0 N–H and O–H groups in total. The van der Waals surface area contributed by atoms with Crippen LogP contribution in [-0.4, -0.2) is 9.78 Å². The lowest BCUT2D eigenvalue weighted by molar-refractivity contribution is 0.306. The van der Waals surface area contributed by atoms with Gasteiger partial charge in [-0.25, -0.2) is 0 Å². The first kappa shape index (κ1) is 12.7. The molecule has 1 heterocycles.